The molecule has 0 aromatic carbocycles. The lowest BCUT2D eigenvalue weighted by Crippen LogP contribution is -2.43. The molecule has 0 bridgehead atoms. The topological polar surface area (TPSA) is 86.6 Å². The Hall–Kier alpha value is -2.42. The molecule has 2 aromatic heterocycles. The third kappa shape index (κ3) is 6.04. The number of rotatable bonds is 2. The van der Waals surface area contributed by atoms with Crippen LogP contribution in [0.5, 0.6) is 0 Å². The number of imide groups is 1. The molecule has 2 heterocycles. The summed E-state index contributed by atoms with van der Waals surface area (Å²) in [5.74, 6) is 0. The third-order valence-electron chi connectivity index (χ3n) is 3.66. The van der Waals surface area contributed by atoms with E-state index in [0.29, 0.717) is 5.69 Å². The van der Waals surface area contributed by atoms with Gasteiger partial charge >= 0.3 is 12.2 Å². The van der Waals surface area contributed by atoms with Crippen molar-refractivity contribution in [1.82, 2.24) is 14.8 Å². The lowest BCUT2D eigenvalue weighted by Gasteiger charge is -2.27. The Kier molecular flexibility index (Phi) is 6.37. The highest BCUT2D eigenvalue weighted by Crippen LogP contribution is 2.36. The van der Waals surface area contributed by atoms with Crippen molar-refractivity contribution in [2.75, 3.05) is 4.90 Å². The van der Waals surface area contributed by atoms with Crippen LogP contribution in [0.1, 0.15) is 68.0 Å². The number of anilines is 1. The van der Waals surface area contributed by atoms with Crippen LogP contribution in [0.2, 0.25) is 0 Å². The van der Waals surface area contributed by atoms with Gasteiger partial charge in [0.1, 0.15) is 11.2 Å². The Morgan fingerprint density at radius 1 is 0.967 bits per heavy atom. The van der Waals surface area contributed by atoms with Gasteiger partial charge in [-0.25, -0.2) is 14.6 Å². The second-order valence-corrected chi connectivity index (χ2v) is 11.0. The molecule has 0 saturated carbocycles. The van der Waals surface area contributed by atoms with E-state index in [1.54, 1.807) is 47.7 Å². The summed E-state index contributed by atoms with van der Waals surface area (Å²) in [6.07, 6.45) is 2.01. The number of carbonyl (C=O) groups excluding carboxylic acids is 2. The van der Waals surface area contributed by atoms with Crippen LogP contribution in [0.4, 0.5) is 14.7 Å². The summed E-state index contributed by atoms with van der Waals surface area (Å²) in [5.41, 5.74) is -0.181. The minimum atomic E-state index is -0.831. The molecule has 0 unspecified atom stereocenters. The summed E-state index contributed by atoms with van der Waals surface area (Å²) in [5, 5.41) is 4.61. The summed E-state index contributed by atoms with van der Waals surface area (Å²) < 4.78 is 12.7. The molecule has 2 amide bonds. The van der Waals surface area contributed by atoms with Gasteiger partial charge in [-0.2, -0.15) is 10.00 Å². The quantitative estimate of drug-likeness (QED) is 0.596. The van der Waals surface area contributed by atoms with Gasteiger partial charge in [-0.15, -0.1) is 0 Å². The van der Waals surface area contributed by atoms with E-state index in [0.717, 1.165) is 15.3 Å². The van der Waals surface area contributed by atoms with Gasteiger partial charge in [0.25, 0.3) is 0 Å². The maximum atomic E-state index is 12.8. The fourth-order valence-electron chi connectivity index (χ4n) is 2.40. The Labute approximate surface area is 182 Å². The smallest absolute Gasteiger partial charge is 0.426 e. The van der Waals surface area contributed by atoms with Gasteiger partial charge in [0.2, 0.25) is 5.13 Å². The molecular weight excluding hydrogens is 404 g/mol. The van der Waals surface area contributed by atoms with Crippen molar-refractivity contribution in [2.45, 2.75) is 86.0 Å². The predicted molar refractivity (Wildman–Crippen MR) is 118 cm³/mol. The first-order valence-corrected chi connectivity index (χ1v) is 10.6. The molecule has 0 spiro atoms. The fourth-order valence-corrected chi connectivity index (χ4v) is 3.42. The molecule has 0 fully saturated rings. The van der Waals surface area contributed by atoms with Crippen LogP contribution in [-0.4, -0.2) is 38.2 Å². The van der Waals surface area contributed by atoms with E-state index in [9.17, 15) is 9.59 Å². The van der Waals surface area contributed by atoms with E-state index in [4.69, 9.17) is 9.47 Å². The Morgan fingerprint density at radius 2 is 1.47 bits per heavy atom. The first-order chi connectivity index (χ1) is 13.5. The van der Waals surface area contributed by atoms with Crippen molar-refractivity contribution in [2.24, 2.45) is 0 Å². The maximum absolute atomic E-state index is 12.8. The molecule has 0 saturated heterocycles. The minimum absolute atomic E-state index is 0.168. The van der Waals surface area contributed by atoms with Gasteiger partial charge in [0.15, 0.2) is 0 Å². The average molecular weight is 437 g/mol. The zero-order chi connectivity index (χ0) is 23.1. The molecule has 0 aliphatic heterocycles. The SMILES string of the molecule is Cc1nc(N(C(=O)OC(C)(C)C)C(=O)OC(C)(C)C)sc1-c1cnn(C(C)(C)C)c1. The third-order valence-corrected chi connectivity index (χ3v) is 4.85. The van der Waals surface area contributed by atoms with Crippen molar-refractivity contribution in [1.29, 1.82) is 0 Å². The Morgan fingerprint density at radius 3 is 1.87 bits per heavy atom. The standard InChI is InChI=1S/C21H32N4O4S/c1-13-15(14-11-22-24(12-14)19(2,3)4)30-16(23-13)25(17(26)28-20(5,6)7)18(27)29-21(8,9)10/h11-12H,1-10H3. The molecule has 0 N–H and O–H groups in total. The minimum Gasteiger partial charge on any atom is -0.443 e. The number of hydrogen-bond acceptors (Lipinski definition) is 7. The van der Waals surface area contributed by atoms with Gasteiger partial charge < -0.3 is 9.47 Å². The number of hydrogen-bond donors (Lipinski definition) is 0. The van der Waals surface area contributed by atoms with Gasteiger partial charge in [-0.05, 0) is 69.2 Å². The highest BCUT2D eigenvalue weighted by Gasteiger charge is 2.35. The highest BCUT2D eigenvalue weighted by molar-refractivity contribution is 7.19. The molecule has 9 heteroatoms. The van der Waals surface area contributed by atoms with Crippen LogP contribution < -0.4 is 4.90 Å². The largest absolute Gasteiger partial charge is 0.443 e. The van der Waals surface area contributed by atoms with Gasteiger partial charge in [0, 0.05) is 11.8 Å². The van der Waals surface area contributed by atoms with Crippen LogP contribution in [-0.2, 0) is 15.0 Å². The molecule has 0 aliphatic rings. The monoisotopic (exact) mass is 436 g/mol. The summed E-state index contributed by atoms with van der Waals surface area (Å²) >= 11 is 1.21. The second kappa shape index (κ2) is 8.02. The van der Waals surface area contributed by atoms with Crippen LogP contribution in [0.25, 0.3) is 10.4 Å². The predicted octanol–water partition coefficient (Wildman–Crippen LogP) is 5.75. The van der Waals surface area contributed by atoms with E-state index in [1.165, 1.54) is 11.3 Å². The number of thiazole rings is 1. The molecule has 166 valence electrons. The van der Waals surface area contributed by atoms with E-state index in [1.807, 2.05) is 17.8 Å². The first kappa shape index (κ1) is 23.9. The molecule has 2 rings (SSSR count). The summed E-state index contributed by atoms with van der Waals surface area (Å²) in [6, 6.07) is 0. The Balaban J connectivity index is 2.46. The van der Waals surface area contributed by atoms with Crippen molar-refractivity contribution >= 4 is 28.7 Å². The number of aryl methyl sites for hydroxylation is 1. The number of nitrogens with zero attached hydrogens (tertiary/aromatic N) is 4. The second-order valence-electron chi connectivity index (χ2n) is 10.1. The molecular formula is C21H32N4O4S. The van der Waals surface area contributed by atoms with Crippen molar-refractivity contribution in [3.05, 3.63) is 18.1 Å². The fraction of sp³-hybridized carbons (Fsp3) is 0.619. The molecule has 0 atom stereocenters. The summed E-state index contributed by atoms with van der Waals surface area (Å²) in [7, 11) is 0. The van der Waals surface area contributed by atoms with Crippen molar-refractivity contribution < 1.29 is 19.1 Å². The molecule has 8 nitrogen and oxygen atoms in total. The lowest BCUT2D eigenvalue weighted by atomic mass is 10.1. The van der Waals surface area contributed by atoms with Crippen molar-refractivity contribution in [3.8, 4) is 10.4 Å². The van der Waals surface area contributed by atoms with Crippen LogP contribution >= 0.6 is 11.3 Å². The molecule has 2 aromatic rings. The molecule has 30 heavy (non-hydrogen) atoms. The zero-order valence-electron chi connectivity index (χ0n) is 19.5. The number of ether oxygens (including phenoxy) is 2. The molecule has 0 aliphatic carbocycles. The maximum Gasteiger partial charge on any atom is 0.426 e. The van der Waals surface area contributed by atoms with E-state index >= 15 is 0 Å². The zero-order valence-corrected chi connectivity index (χ0v) is 20.3. The normalized spacial score (nSPS) is 12.6. The summed E-state index contributed by atoms with van der Waals surface area (Å²) in [4.78, 5) is 31.8. The Bertz CT molecular complexity index is 898. The van der Waals surface area contributed by atoms with E-state index < -0.39 is 23.4 Å². The van der Waals surface area contributed by atoms with Crippen LogP contribution in [0.15, 0.2) is 12.4 Å². The number of amides is 2. The molecule has 0 radical (unpaired) electrons. The van der Waals surface area contributed by atoms with Gasteiger partial charge in [0.05, 0.1) is 22.3 Å². The summed E-state index contributed by atoms with van der Waals surface area (Å²) in [6.45, 7) is 18.4. The van der Waals surface area contributed by atoms with Crippen molar-refractivity contribution in [3.63, 3.8) is 0 Å². The first-order valence-electron chi connectivity index (χ1n) is 9.77. The van der Waals surface area contributed by atoms with Crippen LogP contribution in [0.3, 0.4) is 0 Å². The van der Waals surface area contributed by atoms with Gasteiger partial charge in [-0.1, -0.05) is 11.3 Å². The van der Waals surface area contributed by atoms with Crippen LogP contribution in [0, 0.1) is 6.92 Å². The number of carbonyl (C=O) groups is 2. The lowest BCUT2D eigenvalue weighted by molar-refractivity contribution is 0.0430. The van der Waals surface area contributed by atoms with Gasteiger partial charge in [-0.3, -0.25) is 4.68 Å². The van der Waals surface area contributed by atoms with E-state index in [-0.39, 0.29) is 10.7 Å². The average Bonchev–Trinajstić information content (AvgIpc) is 3.09. The number of aromatic nitrogens is 3. The highest BCUT2D eigenvalue weighted by atomic mass is 32.1. The van der Waals surface area contributed by atoms with E-state index in [2.05, 4.69) is 30.9 Å².